The Balaban J connectivity index is 1.97. The van der Waals surface area contributed by atoms with Crippen LogP contribution in [0.15, 0.2) is 0 Å². The van der Waals surface area contributed by atoms with E-state index in [9.17, 15) is 9.90 Å². The lowest BCUT2D eigenvalue weighted by molar-refractivity contribution is -0.147. The number of amides is 1. The second kappa shape index (κ2) is 5.99. The number of aliphatic hydroxyl groups is 1. The summed E-state index contributed by atoms with van der Waals surface area (Å²) < 4.78 is 5.30. The van der Waals surface area contributed by atoms with Crippen LogP contribution in [-0.4, -0.2) is 54.4 Å². The Bertz CT molecular complexity index is 298. The predicted octanol–water partition coefficient (Wildman–Crippen LogP) is -0.0304. The minimum Gasteiger partial charge on any atom is -0.394 e. The van der Waals surface area contributed by atoms with Gasteiger partial charge in [-0.05, 0) is 25.2 Å². The zero-order chi connectivity index (χ0) is 13.1. The summed E-state index contributed by atoms with van der Waals surface area (Å²) in [7, 11) is 0. The van der Waals surface area contributed by atoms with Crippen LogP contribution in [-0.2, 0) is 9.53 Å². The van der Waals surface area contributed by atoms with Crippen molar-refractivity contribution in [3.8, 4) is 0 Å². The number of nitrogens with two attached hydrogens (primary N) is 1. The summed E-state index contributed by atoms with van der Waals surface area (Å²) in [4.78, 5) is 14.3. The lowest BCUT2D eigenvalue weighted by Gasteiger charge is -2.39. The van der Waals surface area contributed by atoms with Crippen LogP contribution in [0, 0.1) is 11.8 Å². The van der Waals surface area contributed by atoms with Gasteiger partial charge in [0.2, 0.25) is 5.91 Å². The van der Waals surface area contributed by atoms with Crippen molar-refractivity contribution in [1.29, 1.82) is 0 Å². The first kappa shape index (κ1) is 13.8. The number of ether oxygens (including phenoxy) is 1. The third kappa shape index (κ3) is 2.84. The standard InChI is InChI=1S/C13H24N2O3/c1-9-2-3-10(6-12(9)14)13(17)15-4-5-18-8-11(15)7-16/h9-12,16H,2-8,14H2,1H3. The van der Waals surface area contributed by atoms with E-state index >= 15 is 0 Å². The largest absolute Gasteiger partial charge is 0.394 e. The van der Waals surface area contributed by atoms with Gasteiger partial charge in [-0.15, -0.1) is 0 Å². The lowest BCUT2D eigenvalue weighted by Crippen LogP contribution is -2.53. The molecule has 2 fully saturated rings. The van der Waals surface area contributed by atoms with Crippen molar-refractivity contribution in [2.24, 2.45) is 17.6 Å². The quantitative estimate of drug-likeness (QED) is 0.727. The van der Waals surface area contributed by atoms with Gasteiger partial charge in [-0.2, -0.15) is 0 Å². The Morgan fingerprint density at radius 1 is 1.50 bits per heavy atom. The summed E-state index contributed by atoms with van der Waals surface area (Å²) in [5.41, 5.74) is 6.06. The molecule has 4 atom stereocenters. The summed E-state index contributed by atoms with van der Waals surface area (Å²) in [6.07, 6.45) is 2.71. The van der Waals surface area contributed by atoms with E-state index in [4.69, 9.17) is 10.5 Å². The number of morpholine rings is 1. The molecule has 3 N–H and O–H groups in total. The molecule has 5 nitrogen and oxygen atoms in total. The van der Waals surface area contributed by atoms with E-state index in [1.54, 1.807) is 4.90 Å². The summed E-state index contributed by atoms with van der Waals surface area (Å²) in [6.45, 7) is 3.72. The van der Waals surface area contributed by atoms with E-state index in [-0.39, 0.29) is 30.5 Å². The van der Waals surface area contributed by atoms with Crippen molar-refractivity contribution >= 4 is 5.91 Å². The number of carbonyl (C=O) groups excluding carboxylic acids is 1. The van der Waals surface area contributed by atoms with Gasteiger partial charge >= 0.3 is 0 Å². The summed E-state index contributed by atoms with van der Waals surface area (Å²) in [5, 5.41) is 9.30. The molecule has 1 aliphatic carbocycles. The van der Waals surface area contributed by atoms with E-state index in [1.165, 1.54) is 0 Å². The molecule has 0 aromatic carbocycles. The number of carbonyl (C=O) groups is 1. The van der Waals surface area contributed by atoms with Gasteiger partial charge in [-0.3, -0.25) is 4.79 Å². The van der Waals surface area contributed by atoms with Gasteiger partial charge in [0, 0.05) is 18.5 Å². The fourth-order valence-corrected chi connectivity index (χ4v) is 2.91. The normalized spacial score (nSPS) is 37.6. The number of aliphatic hydroxyl groups excluding tert-OH is 1. The molecule has 1 saturated carbocycles. The molecule has 5 heteroatoms. The van der Waals surface area contributed by atoms with Crippen LogP contribution in [0.1, 0.15) is 26.2 Å². The molecule has 0 radical (unpaired) electrons. The van der Waals surface area contributed by atoms with Crippen molar-refractivity contribution in [3.05, 3.63) is 0 Å². The maximum Gasteiger partial charge on any atom is 0.226 e. The molecule has 104 valence electrons. The Labute approximate surface area is 108 Å². The highest BCUT2D eigenvalue weighted by Gasteiger charge is 2.35. The van der Waals surface area contributed by atoms with Crippen LogP contribution >= 0.6 is 0 Å². The molecule has 18 heavy (non-hydrogen) atoms. The highest BCUT2D eigenvalue weighted by atomic mass is 16.5. The highest BCUT2D eigenvalue weighted by molar-refractivity contribution is 5.79. The highest BCUT2D eigenvalue weighted by Crippen LogP contribution is 2.29. The molecule has 0 aromatic rings. The molecule has 1 aliphatic heterocycles. The molecule has 4 unspecified atom stereocenters. The number of hydrogen-bond acceptors (Lipinski definition) is 4. The smallest absolute Gasteiger partial charge is 0.226 e. The van der Waals surface area contributed by atoms with Crippen molar-refractivity contribution < 1.29 is 14.6 Å². The molecule has 0 spiro atoms. The van der Waals surface area contributed by atoms with Crippen LogP contribution in [0.3, 0.4) is 0 Å². The minimum atomic E-state index is -0.179. The second-order valence-corrected chi connectivity index (χ2v) is 5.59. The van der Waals surface area contributed by atoms with Gasteiger partial charge in [-0.25, -0.2) is 0 Å². The van der Waals surface area contributed by atoms with Crippen LogP contribution in [0.5, 0.6) is 0 Å². The van der Waals surface area contributed by atoms with E-state index in [0.29, 0.717) is 25.7 Å². The van der Waals surface area contributed by atoms with E-state index in [0.717, 1.165) is 19.3 Å². The van der Waals surface area contributed by atoms with Gasteiger partial charge in [-0.1, -0.05) is 6.92 Å². The third-order valence-corrected chi connectivity index (χ3v) is 4.33. The number of nitrogens with zero attached hydrogens (tertiary/aromatic N) is 1. The van der Waals surface area contributed by atoms with Gasteiger partial charge < -0.3 is 20.5 Å². The first-order chi connectivity index (χ1) is 8.63. The number of rotatable bonds is 2. The first-order valence-electron chi connectivity index (χ1n) is 6.88. The monoisotopic (exact) mass is 256 g/mol. The van der Waals surface area contributed by atoms with Crippen LogP contribution < -0.4 is 5.73 Å². The van der Waals surface area contributed by atoms with Crippen LogP contribution in [0.2, 0.25) is 0 Å². The molecule has 1 amide bonds. The lowest BCUT2D eigenvalue weighted by atomic mass is 9.79. The maximum absolute atomic E-state index is 12.5. The van der Waals surface area contributed by atoms with E-state index in [2.05, 4.69) is 6.92 Å². The molecule has 0 aromatic heterocycles. The Morgan fingerprint density at radius 3 is 2.94 bits per heavy atom. The average Bonchev–Trinajstić information content (AvgIpc) is 2.41. The average molecular weight is 256 g/mol. The predicted molar refractivity (Wildman–Crippen MR) is 67.9 cm³/mol. The molecular formula is C13H24N2O3. The minimum absolute atomic E-state index is 0.0269. The van der Waals surface area contributed by atoms with Crippen LogP contribution in [0.4, 0.5) is 0 Å². The maximum atomic E-state index is 12.5. The van der Waals surface area contributed by atoms with E-state index in [1.807, 2.05) is 0 Å². The van der Waals surface area contributed by atoms with Gasteiger partial charge in [0.25, 0.3) is 0 Å². The van der Waals surface area contributed by atoms with Crippen LogP contribution in [0.25, 0.3) is 0 Å². The molecule has 1 saturated heterocycles. The second-order valence-electron chi connectivity index (χ2n) is 5.59. The van der Waals surface area contributed by atoms with Crippen molar-refractivity contribution in [1.82, 2.24) is 4.90 Å². The summed E-state index contributed by atoms with van der Waals surface area (Å²) in [5.74, 6) is 0.690. The fourth-order valence-electron chi connectivity index (χ4n) is 2.91. The topological polar surface area (TPSA) is 75.8 Å². The molecule has 2 rings (SSSR count). The van der Waals surface area contributed by atoms with Gasteiger partial charge in [0.15, 0.2) is 0 Å². The zero-order valence-electron chi connectivity index (χ0n) is 11.0. The Morgan fingerprint density at radius 2 is 2.28 bits per heavy atom. The third-order valence-electron chi connectivity index (χ3n) is 4.33. The van der Waals surface area contributed by atoms with E-state index < -0.39 is 0 Å². The first-order valence-corrected chi connectivity index (χ1v) is 6.88. The number of hydrogen-bond donors (Lipinski definition) is 2. The summed E-state index contributed by atoms with van der Waals surface area (Å²) in [6, 6.07) is -0.0526. The van der Waals surface area contributed by atoms with Gasteiger partial charge in [0.05, 0.1) is 25.9 Å². The SMILES string of the molecule is CC1CCC(C(=O)N2CCOCC2CO)CC1N. The summed E-state index contributed by atoms with van der Waals surface area (Å²) >= 11 is 0. The fraction of sp³-hybridized carbons (Fsp3) is 0.923. The Kier molecular flexibility index (Phi) is 4.59. The Hall–Kier alpha value is -0.650. The molecule has 0 bridgehead atoms. The molecule has 1 heterocycles. The van der Waals surface area contributed by atoms with Crippen molar-refractivity contribution in [3.63, 3.8) is 0 Å². The van der Waals surface area contributed by atoms with Gasteiger partial charge in [0.1, 0.15) is 0 Å². The molecule has 2 aliphatic rings. The molecular weight excluding hydrogens is 232 g/mol. The van der Waals surface area contributed by atoms with Crippen molar-refractivity contribution in [2.45, 2.75) is 38.3 Å². The van der Waals surface area contributed by atoms with Crippen molar-refractivity contribution in [2.75, 3.05) is 26.4 Å². The zero-order valence-corrected chi connectivity index (χ0v) is 11.0.